The summed E-state index contributed by atoms with van der Waals surface area (Å²) in [5, 5.41) is 2.64. The van der Waals surface area contributed by atoms with Crippen LogP contribution in [0.15, 0.2) is 0 Å². The molecule has 0 radical (unpaired) electrons. The molecule has 0 heterocycles. The Morgan fingerprint density at radius 3 is 2.37 bits per heavy atom. The first-order valence-corrected chi connectivity index (χ1v) is 6.60. The van der Waals surface area contributed by atoms with Crippen LogP contribution in [0.1, 0.15) is 39.5 Å². The maximum absolute atomic E-state index is 11.9. The van der Waals surface area contributed by atoms with E-state index in [2.05, 4.69) is 10.1 Å². The van der Waals surface area contributed by atoms with Crippen LogP contribution in [0.3, 0.4) is 0 Å². The third-order valence-corrected chi connectivity index (χ3v) is 2.67. The Hall–Kier alpha value is -1.59. The van der Waals surface area contributed by atoms with Crippen LogP contribution in [0.4, 0.5) is 0 Å². The van der Waals surface area contributed by atoms with Crippen molar-refractivity contribution in [3.8, 4) is 0 Å². The first-order chi connectivity index (χ1) is 9.01. The molecule has 0 aliphatic rings. The molecule has 0 rings (SSSR count). The van der Waals surface area contributed by atoms with Crippen molar-refractivity contribution in [2.75, 3.05) is 26.7 Å². The maximum Gasteiger partial charge on any atom is 0.307 e. The highest BCUT2D eigenvalue weighted by molar-refractivity contribution is 5.77. The highest BCUT2D eigenvalue weighted by Gasteiger charge is 2.14. The summed E-state index contributed by atoms with van der Waals surface area (Å²) in [4.78, 5) is 35.4. The largest absolute Gasteiger partial charge is 0.469 e. The Bertz CT molecular complexity index is 305. The average molecular weight is 272 g/mol. The summed E-state index contributed by atoms with van der Waals surface area (Å²) in [6, 6.07) is 0. The van der Waals surface area contributed by atoms with Crippen LogP contribution in [0.2, 0.25) is 0 Å². The van der Waals surface area contributed by atoms with Crippen molar-refractivity contribution in [3.05, 3.63) is 0 Å². The van der Waals surface area contributed by atoms with Gasteiger partial charge in [-0.15, -0.1) is 0 Å². The van der Waals surface area contributed by atoms with Crippen molar-refractivity contribution < 1.29 is 19.1 Å². The van der Waals surface area contributed by atoms with E-state index in [1.807, 2.05) is 6.92 Å². The predicted molar refractivity (Wildman–Crippen MR) is 71.4 cm³/mol. The number of nitrogens with one attached hydrogen (secondary N) is 1. The quantitative estimate of drug-likeness (QED) is 0.627. The average Bonchev–Trinajstić information content (AvgIpc) is 2.38. The number of hydrogen-bond donors (Lipinski definition) is 1. The SMILES string of the molecule is CCCCC(=O)N(CCNC(C)=O)CCC(=O)OC. The Kier molecular flexibility index (Phi) is 9.48. The van der Waals surface area contributed by atoms with Crippen LogP contribution in [0.25, 0.3) is 0 Å². The molecule has 6 heteroatoms. The number of carbonyl (C=O) groups is 3. The zero-order valence-corrected chi connectivity index (χ0v) is 12.0. The smallest absolute Gasteiger partial charge is 0.307 e. The summed E-state index contributed by atoms with van der Waals surface area (Å²) in [6.45, 7) is 4.59. The van der Waals surface area contributed by atoms with Crippen molar-refractivity contribution in [1.82, 2.24) is 10.2 Å². The van der Waals surface area contributed by atoms with Crippen LogP contribution in [0, 0.1) is 0 Å². The molecule has 0 aliphatic carbocycles. The second-order valence-electron chi connectivity index (χ2n) is 4.29. The second-order valence-corrected chi connectivity index (χ2v) is 4.29. The Morgan fingerprint density at radius 2 is 1.84 bits per heavy atom. The van der Waals surface area contributed by atoms with Gasteiger partial charge in [-0.05, 0) is 6.42 Å². The summed E-state index contributed by atoms with van der Waals surface area (Å²) < 4.78 is 4.56. The molecule has 0 aromatic heterocycles. The number of unbranched alkanes of at least 4 members (excludes halogenated alkanes) is 1. The third-order valence-electron chi connectivity index (χ3n) is 2.67. The molecule has 0 aromatic rings. The lowest BCUT2D eigenvalue weighted by Gasteiger charge is -2.22. The number of hydrogen-bond acceptors (Lipinski definition) is 4. The molecule has 0 aromatic carbocycles. The third kappa shape index (κ3) is 9.04. The highest BCUT2D eigenvalue weighted by Crippen LogP contribution is 2.02. The molecule has 0 unspecified atom stereocenters. The van der Waals surface area contributed by atoms with Gasteiger partial charge in [0, 0.05) is 33.0 Å². The van der Waals surface area contributed by atoms with Crippen LogP contribution < -0.4 is 5.32 Å². The molecule has 0 atom stereocenters. The second kappa shape index (κ2) is 10.3. The fourth-order valence-electron chi connectivity index (χ4n) is 1.54. The summed E-state index contributed by atoms with van der Waals surface area (Å²) in [6.07, 6.45) is 2.42. The summed E-state index contributed by atoms with van der Waals surface area (Å²) in [7, 11) is 1.32. The molecule has 0 saturated carbocycles. The highest BCUT2D eigenvalue weighted by atomic mass is 16.5. The minimum Gasteiger partial charge on any atom is -0.469 e. The number of rotatable bonds is 9. The van der Waals surface area contributed by atoms with Gasteiger partial charge in [-0.1, -0.05) is 13.3 Å². The van der Waals surface area contributed by atoms with Gasteiger partial charge in [0.2, 0.25) is 11.8 Å². The molecular weight excluding hydrogens is 248 g/mol. The number of ether oxygens (including phenoxy) is 1. The number of nitrogens with zero attached hydrogens (tertiary/aromatic N) is 1. The van der Waals surface area contributed by atoms with Gasteiger partial charge in [-0.3, -0.25) is 14.4 Å². The van der Waals surface area contributed by atoms with E-state index in [0.29, 0.717) is 26.1 Å². The molecular formula is C13H24N2O4. The van der Waals surface area contributed by atoms with Crippen molar-refractivity contribution in [2.24, 2.45) is 0 Å². The molecule has 19 heavy (non-hydrogen) atoms. The van der Waals surface area contributed by atoms with E-state index in [9.17, 15) is 14.4 Å². The van der Waals surface area contributed by atoms with E-state index in [4.69, 9.17) is 0 Å². The predicted octanol–water partition coefficient (Wildman–Crippen LogP) is 0.704. The normalized spacial score (nSPS) is 9.84. The van der Waals surface area contributed by atoms with Crippen LogP contribution in [-0.4, -0.2) is 49.4 Å². The molecule has 0 spiro atoms. The fourth-order valence-corrected chi connectivity index (χ4v) is 1.54. The molecule has 0 bridgehead atoms. The van der Waals surface area contributed by atoms with Gasteiger partial charge in [0.15, 0.2) is 0 Å². The van der Waals surface area contributed by atoms with Gasteiger partial charge >= 0.3 is 5.97 Å². The van der Waals surface area contributed by atoms with Crippen LogP contribution in [-0.2, 0) is 19.1 Å². The van der Waals surface area contributed by atoms with Crippen molar-refractivity contribution in [3.63, 3.8) is 0 Å². The first-order valence-electron chi connectivity index (χ1n) is 6.60. The summed E-state index contributed by atoms with van der Waals surface area (Å²) in [5.41, 5.74) is 0. The Morgan fingerprint density at radius 1 is 1.16 bits per heavy atom. The first kappa shape index (κ1) is 17.4. The lowest BCUT2D eigenvalue weighted by Crippen LogP contribution is -2.39. The molecule has 2 amide bonds. The zero-order chi connectivity index (χ0) is 14.7. The van der Waals surface area contributed by atoms with Gasteiger partial charge in [-0.2, -0.15) is 0 Å². The number of amides is 2. The van der Waals surface area contributed by atoms with Gasteiger partial charge in [0.05, 0.1) is 13.5 Å². The van der Waals surface area contributed by atoms with E-state index in [-0.39, 0.29) is 24.2 Å². The lowest BCUT2D eigenvalue weighted by molar-refractivity contribution is -0.142. The standard InChI is InChI=1S/C13H24N2O4/c1-4-5-6-12(17)15(9-7-13(18)19-3)10-8-14-11(2)16/h4-10H2,1-3H3,(H,14,16). The van der Waals surface area contributed by atoms with E-state index in [1.165, 1.54) is 14.0 Å². The maximum atomic E-state index is 11.9. The number of carbonyl (C=O) groups excluding carboxylic acids is 3. The summed E-state index contributed by atoms with van der Waals surface area (Å²) in [5.74, 6) is -0.460. The minimum absolute atomic E-state index is 0.0103. The van der Waals surface area contributed by atoms with Gasteiger partial charge in [0.1, 0.15) is 0 Å². The summed E-state index contributed by atoms with van der Waals surface area (Å²) >= 11 is 0. The van der Waals surface area contributed by atoms with Gasteiger partial charge < -0.3 is 15.0 Å². The number of methoxy groups -OCH3 is 1. The lowest BCUT2D eigenvalue weighted by atomic mass is 10.2. The van der Waals surface area contributed by atoms with Crippen molar-refractivity contribution >= 4 is 17.8 Å². The van der Waals surface area contributed by atoms with Crippen molar-refractivity contribution in [2.45, 2.75) is 39.5 Å². The van der Waals surface area contributed by atoms with E-state index < -0.39 is 0 Å². The van der Waals surface area contributed by atoms with E-state index >= 15 is 0 Å². The molecule has 0 fully saturated rings. The van der Waals surface area contributed by atoms with Gasteiger partial charge in [0.25, 0.3) is 0 Å². The van der Waals surface area contributed by atoms with Crippen LogP contribution in [0.5, 0.6) is 0 Å². The molecule has 0 saturated heterocycles. The van der Waals surface area contributed by atoms with Gasteiger partial charge in [-0.25, -0.2) is 0 Å². The molecule has 110 valence electrons. The Labute approximate surface area is 114 Å². The minimum atomic E-state index is -0.340. The molecule has 6 nitrogen and oxygen atoms in total. The van der Waals surface area contributed by atoms with E-state index in [0.717, 1.165) is 12.8 Å². The molecule has 0 aliphatic heterocycles. The van der Waals surface area contributed by atoms with Crippen LogP contribution >= 0.6 is 0 Å². The monoisotopic (exact) mass is 272 g/mol. The fraction of sp³-hybridized carbons (Fsp3) is 0.769. The molecule has 1 N–H and O–H groups in total. The van der Waals surface area contributed by atoms with Crippen molar-refractivity contribution in [1.29, 1.82) is 0 Å². The zero-order valence-electron chi connectivity index (χ0n) is 12.0. The van der Waals surface area contributed by atoms with E-state index in [1.54, 1.807) is 4.90 Å². The topological polar surface area (TPSA) is 75.7 Å². The Balaban J connectivity index is 4.23. The number of esters is 1.